The van der Waals surface area contributed by atoms with Crippen LogP contribution in [0.5, 0.6) is 0 Å². The molecular formula is C27H32ClN7S2. The summed E-state index contributed by atoms with van der Waals surface area (Å²) in [5.41, 5.74) is 1.29. The molecule has 1 saturated carbocycles. The van der Waals surface area contributed by atoms with Gasteiger partial charge in [-0.2, -0.15) is 4.98 Å². The van der Waals surface area contributed by atoms with Gasteiger partial charge in [0.15, 0.2) is 10.3 Å². The molecule has 37 heavy (non-hydrogen) atoms. The van der Waals surface area contributed by atoms with Gasteiger partial charge in [0, 0.05) is 48.5 Å². The molecule has 0 amide bonds. The van der Waals surface area contributed by atoms with Crippen LogP contribution in [0.4, 0.5) is 11.8 Å². The lowest BCUT2D eigenvalue weighted by Crippen LogP contribution is -2.41. The number of nitrogens with one attached hydrogen (secondary N) is 2. The van der Waals surface area contributed by atoms with E-state index in [0.717, 1.165) is 54.8 Å². The normalized spacial score (nSPS) is 19.0. The molecule has 0 bridgehead atoms. The molecule has 0 radical (unpaired) electrons. The van der Waals surface area contributed by atoms with E-state index in [1.807, 2.05) is 24.3 Å². The highest BCUT2D eigenvalue weighted by atomic mass is 35.5. The van der Waals surface area contributed by atoms with Gasteiger partial charge < -0.3 is 15.5 Å². The van der Waals surface area contributed by atoms with Gasteiger partial charge in [-0.15, -0.1) is 0 Å². The third-order valence-corrected chi connectivity index (χ3v) is 8.51. The van der Waals surface area contributed by atoms with Crippen molar-refractivity contribution in [1.82, 2.24) is 25.3 Å². The molecule has 0 spiro atoms. The molecule has 10 heteroatoms. The summed E-state index contributed by atoms with van der Waals surface area (Å²) in [6.45, 7) is 4.99. The molecule has 1 aromatic carbocycles. The molecule has 1 aliphatic heterocycles. The van der Waals surface area contributed by atoms with Crippen molar-refractivity contribution in [3.8, 4) is 0 Å². The number of nitrogens with zero attached hydrogens (tertiary/aromatic N) is 5. The van der Waals surface area contributed by atoms with E-state index in [4.69, 9.17) is 33.8 Å². The van der Waals surface area contributed by atoms with Crippen LogP contribution in [-0.2, 0) is 5.41 Å². The van der Waals surface area contributed by atoms with Gasteiger partial charge in [0.25, 0.3) is 0 Å². The number of thiocarbonyl (C=S) groups is 1. The van der Waals surface area contributed by atoms with Gasteiger partial charge in [-0.25, -0.2) is 15.0 Å². The van der Waals surface area contributed by atoms with Crippen molar-refractivity contribution in [2.45, 2.75) is 61.0 Å². The van der Waals surface area contributed by atoms with Gasteiger partial charge in [0.05, 0.1) is 0 Å². The number of piperidine rings is 1. The number of benzene rings is 1. The highest BCUT2D eigenvalue weighted by Crippen LogP contribution is 2.41. The van der Waals surface area contributed by atoms with Crippen LogP contribution in [-0.4, -0.2) is 44.7 Å². The molecule has 7 nitrogen and oxygen atoms in total. The second kappa shape index (κ2) is 11.9. The van der Waals surface area contributed by atoms with Crippen LogP contribution in [0.25, 0.3) is 0 Å². The zero-order valence-corrected chi connectivity index (χ0v) is 23.4. The molecule has 194 valence electrons. The largest absolute Gasteiger partial charge is 0.361 e. The maximum absolute atomic E-state index is 6.33. The van der Waals surface area contributed by atoms with Crippen molar-refractivity contribution in [2.24, 2.45) is 5.92 Å². The smallest absolute Gasteiger partial charge is 0.232 e. The Morgan fingerprint density at radius 1 is 1.14 bits per heavy atom. The van der Waals surface area contributed by atoms with Gasteiger partial charge in [0.2, 0.25) is 5.95 Å². The maximum Gasteiger partial charge on any atom is 0.232 e. The number of hydrogen-bond donors (Lipinski definition) is 2. The minimum Gasteiger partial charge on any atom is -0.361 e. The molecule has 3 heterocycles. The summed E-state index contributed by atoms with van der Waals surface area (Å²) in [7, 11) is 0. The number of aromatic nitrogens is 4. The van der Waals surface area contributed by atoms with Crippen LogP contribution < -0.4 is 15.5 Å². The fraction of sp³-hybridized carbons (Fsp3) is 0.444. The fourth-order valence-corrected chi connectivity index (χ4v) is 6.41. The standard InChI is InChI=1S/C27H32ClN7S2/c1-19-7-5-14-35(17-19)22-16-23(37-26-29-12-6-13-30-26)33-24(32-22)34-25(36)31-18-27(10-2-3-11-27)20-8-4-9-21(28)15-20/h4,6,8-9,12-13,15-16,19H,2-3,5,7,10-11,14,17-18H2,1H3,(H2,31,32,33,34,36)/t19-/m0/s1. The Labute approximate surface area is 233 Å². The molecule has 2 N–H and O–H groups in total. The lowest BCUT2D eigenvalue weighted by atomic mass is 9.79. The van der Waals surface area contributed by atoms with Crippen LogP contribution in [0.1, 0.15) is 51.0 Å². The molecule has 1 saturated heterocycles. The summed E-state index contributed by atoms with van der Waals surface area (Å²) < 4.78 is 0. The monoisotopic (exact) mass is 553 g/mol. The van der Waals surface area contributed by atoms with Crippen molar-refractivity contribution in [3.63, 3.8) is 0 Å². The minimum atomic E-state index is 0.0228. The van der Waals surface area contributed by atoms with E-state index in [-0.39, 0.29) is 5.41 Å². The number of hydrogen-bond acceptors (Lipinski definition) is 7. The predicted octanol–water partition coefficient (Wildman–Crippen LogP) is 6.11. The lowest BCUT2D eigenvalue weighted by molar-refractivity contribution is 0.435. The summed E-state index contributed by atoms with van der Waals surface area (Å²) in [4.78, 5) is 20.6. The van der Waals surface area contributed by atoms with E-state index in [9.17, 15) is 0 Å². The summed E-state index contributed by atoms with van der Waals surface area (Å²) in [5, 5.41) is 9.44. The summed E-state index contributed by atoms with van der Waals surface area (Å²) >= 11 is 13.5. The third kappa shape index (κ3) is 6.69. The first-order chi connectivity index (χ1) is 18.0. The van der Waals surface area contributed by atoms with E-state index in [1.54, 1.807) is 12.4 Å². The van der Waals surface area contributed by atoms with Gasteiger partial charge in [-0.3, -0.25) is 0 Å². The van der Waals surface area contributed by atoms with Crippen molar-refractivity contribution in [2.75, 3.05) is 29.9 Å². The van der Waals surface area contributed by atoms with Crippen LogP contribution in [0.3, 0.4) is 0 Å². The zero-order chi connectivity index (χ0) is 25.7. The second-order valence-electron chi connectivity index (χ2n) is 10.0. The van der Waals surface area contributed by atoms with E-state index in [1.165, 1.54) is 36.6 Å². The Morgan fingerprint density at radius 2 is 1.95 bits per heavy atom. The first-order valence-corrected chi connectivity index (χ1v) is 14.5. The molecule has 2 aliphatic rings. The molecule has 3 aromatic rings. The molecule has 0 unspecified atom stereocenters. The highest BCUT2D eigenvalue weighted by Gasteiger charge is 2.35. The summed E-state index contributed by atoms with van der Waals surface area (Å²) in [6.07, 6.45) is 10.5. The van der Waals surface area contributed by atoms with Crippen LogP contribution >= 0.6 is 35.6 Å². The molecule has 2 fully saturated rings. The van der Waals surface area contributed by atoms with E-state index >= 15 is 0 Å². The quantitative estimate of drug-likeness (QED) is 0.205. The van der Waals surface area contributed by atoms with Crippen molar-refractivity contribution >= 4 is 52.5 Å². The van der Waals surface area contributed by atoms with Crippen molar-refractivity contribution in [1.29, 1.82) is 0 Å². The van der Waals surface area contributed by atoms with Crippen LogP contribution in [0.2, 0.25) is 5.02 Å². The lowest BCUT2D eigenvalue weighted by Gasteiger charge is -2.32. The van der Waals surface area contributed by atoms with Gasteiger partial charge in [-0.1, -0.05) is 43.5 Å². The third-order valence-electron chi connectivity index (χ3n) is 7.22. The van der Waals surface area contributed by atoms with Crippen molar-refractivity contribution < 1.29 is 0 Å². The highest BCUT2D eigenvalue weighted by molar-refractivity contribution is 7.99. The average Bonchev–Trinajstić information content (AvgIpc) is 3.38. The van der Waals surface area contributed by atoms with Gasteiger partial charge >= 0.3 is 0 Å². The number of rotatable bonds is 7. The first kappa shape index (κ1) is 26.1. The Bertz CT molecular complexity index is 1220. The second-order valence-corrected chi connectivity index (χ2v) is 11.9. The summed E-state index contributed by atoms with van der Waals surface area (Å²) in [5.74, 6) is 2.01. The first-order valence-electron chi connectivity index (χ1n) is 12.9. The Hall–Kier alpha value is -2.49. The summed E-state index contributed by atoms with van der Waals surface area (Å²) in [6, 6.07) is 12.1. The Morgan fingerprint density at radius 3 is 2.70 bits per heavy atom. The molecule has 5 rings (SSSR count). The molecule has 1 aliphatic carbocycles. The fourth-order valence-electron chi connectivity index (χ4n) is 5.35. The van der Waals surface area contributed by atoms with E-state index in [2.05, 4.69) is 44.6 Å². The SMILES string of the molecule is C[C@H]1CCCN(c2cc(Sc3ncccn3)nc(NC(=S)NCC3(c4cccc(Cl)c4)CCCC3)n2)C1. The molecule has 2 aromatic heterocycles. The number of halogens is 1. The maximum atomic E-state index is 6.33. The number of anilines is 2. The van der Waals surface area contributed by atoms with Crippen molar-refractivity contribution in [3.05, 3.63) is 59.4 Å². The zero-order valence-electron chi connectivity index (χ0n) is 21.0. The topological polar surface area (TPSA) is 78.9 Å². The predicted molar refractivity (Wildman–Crippen MR) is 155 cm³/mol. The Balaban J connectivity index is 1.33. The molecule has 1 atom stereocenters. The minimum absolute atomic E-state index is 0.0228. The van der Waals surface area contributed by atoms with Crippen LogP contribution in [0.15, 0.2) is 59.0 Å². The van der Waals surface area contributed by atoms with Gasteiger partial charge in [-0.05, 0) is 79.3 Å². The van der Waals surface area contributed by atoms with Gasteiger partial charge in [0.1, 0.15) is 10.8 Å². The van der Waals surface area contributed by atoms with Crippen LogP contribution in [0, 0.1) is 5.92 Å². The average molecular weight is 554 g/mol. The Kier molecular flexibility index (Phi) is 8.42. The van der Waals surface area contributed by atoms with E-state index < -0.39 is 0 Å². The van der Waals surface area contributed by atoms with E-state index in [0.29, 0.717) is 22.1 Å². The molecular weight excluding hydrogens is 522 g/mol.